The Morgan fingerprint density at radius 3 is 2.58 bits per heavy atom. The van der Waals surface area contributed by atoms with Crippen LogP contribution in [0.15, 0.2) is 22.7 Å². The van der Waals surface area contributed by atoms with Gasteiger partial charge in [-0.2, -0.15) is 0 Å². The molecule has 0 spiro atoms. The first-order valence-electron chi connectivity index (χ1n) is 6.28. The summed E-state index contributed by atoms with van der Waals surface area (Å²) in [7, 11) is 3.91. The third-order valence-electron chi connectivity index (χ3n) is 2.94. The van der Waals surface area contributed by atoms with Crippen molar-refractivity contribution in [1.29, 1.82) is 0 Å². The number of amides is 1. The van der Waals surface area contributed by atoms with Gasteiger partial charge < -0.3 is 9.80 Å². The fourth-order valence-corrected chi connectivity index (χ4v) is 2.47. The van der Waals surface area contributed by atoms with Gasteiger partial charge in [0.25, 0.3) is 5.91 Å². The van der Waals surface area contributed by atoms with Gasteiger partial charge in [-0.25, -0.2) is 4.39 Å². The van der Waals surface area contributed by atoms with Crippen molar-refractivity contribution in [3.63, 3.8) is 0 Å². The molecule has 1 aromatic carbocycles. The van der Waals surface area contributed by atoms with E-state index in [0.29, 0.717) is 11.0 Å². The number of likely N-dealkylation sites (N-methyl/N-ethyl adjacent to an activating group) is 2. The van der Waals surface area contributed by atoms with Gasteiger partial charge in [0, 0.05) is 19.1 Å². The van der Waals surface area contributed by atoms with E-state index >= 15 is 0 Å². The highest BCUT2D eigenvalue weighted by molar-refractivity contribution is 9.10. The fourth-order valence-electron chi connectivity index (χ4n) is 2.11. The summed E-state index contributed by atoms with van der Waals surface area (Å²) in [4.78, 5) is 16.1. The molecule has 5 heteroatoms. The van der Waals surface area contributed by atoms with Gasteiger partial charge in [0.05, 0.1) is 10.0 Å². The molecule has 0 radical (unpaired) electrons. The number of benzene rings is 1. The molecular weight excluding hydrogens is 311 g/mol. The van der Waals surface area contributed by atoms with Crippen LogP contribution in [0.2, 0.25) is 0 Å². The van der Waals surface area contributed by atoms with E-state index in [0.717, 1.165) is 6.54 Å². The van der Waals surface area contributed by atoms with Crippen LogP contribution in [-0.2, 0) is 0 Å². The SMILES string of the molecule is CCN(C(=O)c1cccc(Br)c1F)C(C)CN(C)C. The van der Waals surface area contributed by atoms with Gasteiger partial charge in [0.1, 0.15) is 5.82 Å². The second kappa shape index (κ2) is 7.01. The molecule has 0 heterocycles. The van der Waals surface area contributed by atoms with Gasteiger partial charge in [-0.05, 0) is 56.0 Å². The van der Waals surface area contributed by atoms with E-state index in [1.165, 1.54) is 6.07 Å². The summed E-state index contributed by atoms with van der Waals surface area (Å²) in [6.07, 6.45) is 0. The van der Waals surface area contributed by atoms with Gasteiger partial charge in [0.2, 0.25) is 0 Å². The lowest BCUT2D eigenvalue weighted by molar-refractivity contribution is 0.0674. The molecule has 1 rings (SSSR count). The molecule has 1 aromatic rings. The van der Waals surface area contributed by atoms with Crippen molar-refractivity contribution < 1.29 is 9.18 Å². The van der Waals surface area contributed by atoms with Gasteiger partial charge in [0.15, 0.2) is 0 Å². The first-order chi connectivity index (χ1) is 8.88. The fraction of sp³-hybridized carbons (Fsp3) is 0.500. The summed E-state index contributed by atoms with van der Waals surface area (Å²) in [5.74, 6) is -0.765. The van der Waals surface area contributed by atoms with E-state index in [1.807, 2.05) is 32.8 Å². The minimum Gasteiger partial charge on any atom is -0.335 e. The first kappa shape index (κ1) is 16.1. The number of carbonyl (C=O) groups excluding carboxylic acids is 1. The molecule has 0 aromatic heterocycles. The standard InChI is InChI=1S/C14H20BrFN2O/c1-5-18(10(2)9-17(3)4)14(19)11-7-6-8-12(15)13(11)16/h6-8,10H,5,9H2,1-4H3. The molecule has 19 heavy (non-hydrogen) atoms. The molecule has 0 bridgehead atoms. The average molecular weight is 331 g/mol. The van der Waals surface area contributed by atoms with E-state index in [9.17, 15) is 9.18 Å². The Morgan fingerprint density at radius 2 is 2.05 bits per heavy atom. The minimum atomic E-state index is -0.497. The van der Waals surface area contributed by atoms with Crippen molar-refractivity contribution in [2.24, 2.45) is 0 Å². The molecule has 106 valence electrons. The van der Waals surface area contributed by atoms with Gasteiger partial charge in [-0.1, -0.05) is 6.07 Å². The van der Waals surface area contributed by atoms with Crippen molar-refractivity contribution in [3.05, 3.63) is 34.1 Å². The Hall–Kier alpha value is -0.940. The molecule has 1 unspecified atom stereocenters. The first-order valence-corrected chi connectivity index (χ1v) is 7.07. The lowest BCUT2D eigenvalue weighted by atomic mass is 10.1. The normalized spacial score (nSPS) is 12.6. The second-order valence-corrected chi connectivity index (χ2v) is 5.66. The van der Waals surface area contributed by atoms with E-state index in [-0.39, 0.29) is 17.5 Å². The van der Waals surface area contributed by atoms with Gasteiger partial charge in [-0.3, -0.25) is 4.79 Å². The Balaban J connectivity index is 2.98. The Bertz CT molecular complexity index is 451. The number of halogens is 2. The maximum atomic E-state index is 14.0. The highest BCUT2D eigenvalue weighted by Gasteiger charge is 2.23. The van der Waals surface area contributed by atoms with E-state index < -0.39 is 5.82 Å². The smallest absolute Gasteiger partial charge is 0.257 e. The van der Waals surface area contributed by atoms with Crippen molar-refractivity contribution in [1.82, 2.24) is 9.80 Å². The second-order valence-electron chi connectivity index (χ2n) is 4.80. The number of carbonyl (C=O) groups is 1. The van der Waals surface area contributed by atoms with Crippen molar-refractivity contribution in [2.45, 2.75) is 19.9 Å². The predicted molar refractivity (Wildman–Crippen MR) is 78.8 cm³/mol. The van der Waals surface area contributed by atoms with Crippen LogP contribution in [0, 0.1) is 5.82 Å². The molecule has 1 atom stereocenters. The lowest BCUT2D eigenvalue weighted by Crippen LogP contribution is -2.44. The zero-order valence-electron chi connectivity index (χ0n) is 11.8. The van der Waals surface area contributed by atoms with E-state index in [2.05, 4.69) is 15.9 Å². The highest BCUT2D eigenvalue weighted by atomic mass is 79.9. The van der Waals surface area contributed by atoms with Crippen LogP contribution in [-0.4, -0.2) is 48.9 Å². The maximum Gasteiger partial charge on any atom is 0.257 e. The predicted octanol–water partition coefficient (Wildman–Crippen LogP) is 3.00. The zero-order chi connectivity index (χ0) is 14.6. The molecule has 0 aliphatic heterocycles. The molecule has 0 saturated carbocycles. The molecule has 0 saturated heterocycles. The monoisotopic (exact) mass is 330 g/mol. The van der Waals surface area contributed by atoms with Crippen LogP contribution in [0.3, 0.4) is 0 Å². The van der Waals surface area contributed by atoms with Crippen LogP contribution in [0.1, 0.15) is 24.2 Å². The van der Waals surface area contributed by atoms with Gasteiger partial charge in [-0.15, -0.1) is 0 Å². The molecule has 1 amide bonds. The summed E-state index contributed by atoms with van der Waals surface area (Å²) in [6, 6.07) is 4.81. The van der Waals surface area contributed by atoms with Crippen LogP contribution < -0.4 is 0 Å². The summed E-state index contributed by atoms with van der Waals surface area (Å²) in [5.41, 5.74) is 0.113. The Morgan fingerprint density at radius 1 is 1.42 bits per heavy atom. The lowest BCUT2D eigenvalue weighted by Gasteiger charge is -2.30. The van der Waals surface area contributed by atoms with E-state index in [1.54, 1.807) is 17.0 Å². The summed E-state index contributed by atoms with van der Waals surface area (Å²) in [5, 5.41) is 0. The number of nitrogens with zero attached hydrogens (tertiary/aromatic N) is 2. The Labute approximate surface area is 122 Å². The topological polar surface area (TPSA) is 23.6 Å². The quantitative estimate of drug-likeness (QED) is 0.828. The highest BCUT2D eigenvalue weighted by Crippen LogP contribution is 2.20. The van der Waals surface area contributed by atoms with Crippen LogP contribution >= 0.6 is 15.9 Å². The number of hydrogen-bond donors (Lipinski definition) is 0. The van der Waals surface area contributed by atoms with E-state index in [4.69, 9.17) is 0 Å². The summed E-state index contributed by atoms with van der Waals surface area (Å²) < 4.78 is 14.3. The largest absolute Gasteiger partial charge is 0.335 e. The number of hydrogen-bond acceptors (Lipinski definition) is 2. The third kappa shape index (κ3) is 4.01. The summed E-state index contributed by atoms with van der Waals surface area (Å²) in [6.45, 7) is 5.17. The molecule has 0 fully saturated rings. The molecule has 0 aliphatic rings. The zero-order valence-corrected chi connectivity index (χ0v) is 13.4. The Kier molecular flexibility index (Phi) is 5.94. The van der Waals surface area contributed by atoms with Gasteiger partial charge >= 0.3 is 0 Å². The summed E-state index contributed by atoms with van der Waals surface area (Å²) >= 11 is 3.11. The number of rotatable bonds is 5. The average Bonchev–Trinajstić information content (AvgIpc) is 2.32. The van der Waals surface area contributed by atoms with Crippen LogP contribution in [0.25, 0.3) is 0 Å². The van der Waals surface area contributed by atoms with Crippen molar-refractivity contribution >= 4 is 21.8 Å². The van der Waals surface area contributed by atoms with Crippen molar-refractivity contribution in [2.75, 3.05) is 27.2 Å². The molecule has 0 aliphatic carbocycles. The van der Waals surface area contributed by atoms with Crippen LogP contribution in [0.4, 0.5) is 4.39 Å². The van der Waals surface area contributed by atoms with Crippen molar-refractivity contribution in [3.8, 4) is 0 Å². The molecular formula is C14H20BrFN2O. The van der Waals surface area contributed by atoms with Crippen LogP contribution in [0.5, 0.6) is 0 Å². The third-order valence-corrected chi connectivity index (χ3v) is 3.56. The molecule has 3 nitrogen and oxygen atoms in total. The minimum absolute atomic E-state index is 0.0332. The maximum absolute atomic E-state index is 14.0. The molecule has 0 N–H and O–H groups in total.